The monoisotopic (exact) mass is 481 g/mol. The number of aromatic nitrogens is 1. The lowest BCUT2D eigenvalue weighted by Crippen LogP contribution is -2.53. The average molecular weight is 481 g/mol. The van der Waals surface area contributed by atoms with E-state index < -0.39 is 46.8 Å². The van der Waals surface area contributed by atoms with Gasteiger partial charge in [0.1, 0.15) is 41.8 Å². The van der Waals surface area contributed by atoms with Crippen LogP contribution in [0, 0.1) is 17.5 Å². The highest BCUT2D eigenvalue weighted by molar-refractivity contribution is 5.53. The Bertz CT molecular complexity index is 1160. The molecule has 0 radical (unpaired) electrons. The molecule has 12 heteroatoms. The number of hydrazone groups is 1. The van der Waals surface area contributed by atoms with E-state index in [0.717, 1.165) is 24.7 Å². The molecule has 0 fully saturated rings. The molecule has 7 nitrogen and oxygen atoms in total. The Morgan fingerprint density at radius 1 is 1.06 bits per heavy atom. The summed E-state index contributed by atoms with van der Waals surface area (Å²) in [4.78, 5) is 3.65. The van der Waals surface area contributed by atoms with Gasteiger partial charge in [0, 0.05) is 11.6 Å². The van der Waals surface area contributed by atoms with Gasteiger partial charge in [-0.2, -0.15) is 13.9 Å². The zero-order valence-electron chi connectivity index (χ0n) is 17.5. The highest BCUT2D eigenvalue weighted by Gasteiger charge is 2.58. The average Bonchev–Trinajstić information content (AvgIpc) is 2.78. The number of hydrazine groups is 1. The molecule has 0 saturated carbocycles. The summed E-state index contributed by atoms with van der Waals surface area (Å²) >= 11 is 0. The Morgan fingerprint density at radius 3 is 2.41 bits per heavy atom. The van der Waals surface area contributed by atoms with Crippen molar-refractivity contribution in [1.82, 2.24) is 9.99 Å². The van der Waals surface area contributed by atoms with Gasteiger partial charge in [0.05, 0.1) is 12.7 Å². The third kappa shape index (κ3) is 5.24. The predicted octanol–water partition coefficient (Wildman–Crippen LogP) is 3.14. The van der Waals surface area contributed by atoms with Gasteiger partial charge in [-0.05, 0) is 42.0 Å². The fourth-order valence-corrected chi connectivity index (χ4v) is 3.23. The SMILES string of the molecule is N/N=C\N(N)CC(O)(c1ccc(F)cc1F)C(F)(F)c1ccc(OCc2cccc(F)c2)cn1. The zero-order chi connectivity index (χ0) is 24.9. The van der Waals surface area contributed by atoms with Crippen LogP contribution < -0.4 is 16.4 Å². The van der Waals surface area contributed by atoms with E-state index in [0.29, 0.717) is 28.8 Å². The third-order valence-corrected chi connectivity index (χ3v) is 4.88. The number of aliphatic hydroxyl groups is 1. The maximum absolute atomic E-state index is 15.6. The number of halogens is 5. The van der Waals surface area contributed by atoms with E-state index in [1.54, 1.807) is 6.07 Å². The molecule has 2 aromatic carbocycles. The Morgan fingerprint density at radius 2 is 1.79 bits per heavy atom. The molecule has 1 aromatic heterocycles. The number of benzene rings is 2. The largest absolute Gasteiger partial charge is 0.487 e. The number of alkyl halides is 2. The van der Waals surface area contributed by atoms with E-state index in [9.17, 15) is 18.3 Å². The second-order valence-electron chi connectivity index (χ2n) is 7.29. The van der Waals surface area contributed by atoms with E-state index in [4.69, 9.17) is 16.4 Å². The zero-order valence-corrected chi connectivity index (χ0v) is 17.5. The molecule has 0 aliphatic rings. The first-order valence-electron chi connectivity index (χ1n) is 9.71. The van der Waals surface area contributed by atoms with Crippen LogP contribution in [0.3, 0.4) is 0 Å². The van der Waals surface area contributed by atoms with Crippen LogP contribution in [0.1, 0.15) is 16.8 Å². The molecule has 0 aliphatic carbocycles. The van der Waals surface area contributed by atoms with Crippen molar-refractivity contribution in [1.29, 1.82) is 0 Å². The van der Waals surface area contributed by atoms with Crippen LogP contribution >= 0.6 is 0 Å². The van der Waals surface area contributed by atoms with Gasteiger partial charge in [-0.3, -0.25) is 9.99 Å². The number of nitrogens with two attached hydrogens (primary N) is 2. The Hall–Kier alpha value is -3.77. The molecule has 1 heterocycles. The van der Waals surface area contributed by atoms with E-state index in [2.05, 4.69) is 10.1 Å². The fourth-order valence-electron chi connectivity index (χ4n) is 3.23. The lowest BCUT2D eigenvalue weighted by molar-refractivity contribution is -0.203. The van der Waals surface area contributed by atoms with Gasteiger partial charge in [-0.1, -0.05) is 12.1 Å². The molecule has 0 amide bonds. The molecule has 180 valence electrons. The summed E-state index contributed by atoms with van der Waals surface area (Å²) in [7, 11) is 0. The molecule has 1 unspecified atom stereocenters. The lowest BCUT2D eigenvalue weighted by atomic mass is 9.84. The van der Waals surface area contributed by atoms with E-state index in [1.807, 2.05) is 0 Å². The summed E-state index contributed by atoms with van der Waals surface area (Å²) in [6.45, 7) is -1.14. The molecule has 3 rings (SSSR count). The minimum atomic E-state index is -4.23. The maximum atomic E-state index is 15.6. The second kappa shape index (κ2) is 10.0. The van der Waals surface area contributed by atoms with Gasteiger partial charge in [0.15, 0.2) is 5.60 Å². The van der Waals surface area contributed by atoms with Crippen LogP contribution in [-0.2, 0) is 18.1 Å². The van der Waals surface area contributed by atoms with Crippen molar-refractivity contribution in [3.05, 3.63) is 95.1 Å². The molecule has 1 atom stereocenters. The van der Waals surface area contributed by atoms with Crippen molar-refractivity contribution in [2.24, 2.45) is 16.8 Å². The van der Waals surface area contributed by atoms with Gasteiger partial charge in [-0.15, -0.1) is 0 Å². The smallest absolute Gasteiger partial charge is 0.323 e. The minimum absolute atomic E-state index is 0.0551. The topological polar surface area (TPSA) is 110 Å². The Labute approximate surface area is 191 Å². The quantitative estimate of drug-likeness (QED) is 0.142. The van der Waals surface area contributed by atoms with Crippen molar-refractivity contribution in [3.63, 3.8) is 0 Å². The number of hydrogen-bond acceptors (Lipinski definition) is 6. The highest BCUT2D eigenvalue weighted by Crippen LogP contribution is 2.46. The molecule has 0 aliphatic heterocycles. The molecule has 0 saturated heterocycles. The number of pyridine rings is 1. The number of ether oxygens (including phenoxy) is 1. The maximum Gasteiger partial charge on any atom is 0.323 e. The van der Waals surface area contributed by atoms with Crippen LogP contribution in [0.5, 0.6) is 5.75 Å². The van der Waals surface area contributed by atoms with Gasteiger partial charge in [0.2, 0.25) is 0 Å². The highest BCUT2D eigenvalue weighted by atomic mass is 19.3. The summed E-state index contributed by atoms with van der Waals surface area (Å²) in [6.07, 6.45) is 1.70. The van der Waals surface area contributed by atoms with Crippen LogP contribution in [0.15, 0.2) is 65.9 Å². The number of rotatable bonds is 9. The summed E-state index contributed by atoms with van der Waals surface area (Å²) in [5.41, 5.74) is -4.68. The third-order valence-electron chi connectivity index (χ3n) is 4.88. The molecule has 0 spiro atoms. The number of hydrogen-bond donors (Lipinski definition) is 3. The van der Waals surface area contributed by atoms with Gasteiger partial charge < -0.3 is 15.7 Å². The normalized spacial score (nSPS) is 13.6. The van der Waals surface area contributed by atoms with Crippen molar-refractivity contribution in [2.45, 2.75) is 18.1 Å². The Balaban J connectivity index is 1.92. The standard InChI is InChI=1S/C22H20F5N5O2/c23-15-3-1-2-14(8-15)11-34-17-5-7-20(30-10-17)22(26,27)21(33,12-32(29)13-31-28)18-6-4-16(24)9-19(18)25/h1-10,13,33H,11-12,28-29H2/b31-13-. The van der Waals surface area contributed by atoms with Crippen molar-refractivity contribution >= 4 is 6.34 Å². The van der Waals surface area contributed by atoms with Crippen LogP contribution in [-0.4, -0.2) is 28.0 Å². The van der Waals surface area contributed by atoms with E-state index in [-0.39, 0.29) is 12.4 Å². The van der Waals surface area contributed by atoms with Gasteiger partial charge >= 0.3 is 5.92 Å². The first-order valence-corrected chi connectivity index (χ1v) is 9.71. The number of nitrogens with zero attached hydrogens (tertiary/aromatic N) is 3. The van der Waals surface area contributed by atoms with Crippen LogP contribution in [0.2, 0.25) is 0 Å². The summed E-state index contributed by atoms with van der Waals surface area (Å²) in [6, 6.07) is 9.37. The minimum Gasteiger partial charge on any atom is -0.487 e. The van der Waals surface area contributed by atoms with E-state index in [1.165, 1.54) is 18.2 Å². The molecular formula is C22H20F5N5O2. The fraction of sp³-hybridized carbons (Fsp3) is 0.182. The molecule has 3 aromatic rings. The first-order chi connectivity index (χ1) is 16.1. The second-order valence-corrected chi connectivity index (χ2v) is 7.29. The first kappa shape index (κ1) is 24.9. The molecular weight excluding hydrogens is 461 g/mol. The van der Waals surface area contributed by atoms with Crippen molar-refractivity contribution in [3.8, 4) is 5.75 Å². The molecule has 0 bridgehead atoms. The van der Waals surface area contributed by atoms with Gasteiger partial charge in [-0.25, -0.2) is 19.0 Å². The Kier molecular flexibility index (Phi) is 7.32. The summed E-state index contributed by atoms with van der Waals surface area (Å²) in [5, 5.41) is 14.6. The summed E-state index contributed by atoms with van der Waals surface area (Å²) in [5.74, 6) is 3.44. The lowest BCUT2D eigenvalue weighted by Gasteiger charge is -2.37. The van der Waals surface area contributed by atoms with Crippen molar-refractivity contribution in [2.75, 3.05) is 6.54 Å². The molecule has 34 heavy (non-hydrogen) atoms. The van der Waals surface area contributed by atoms with Gasteiger partial charge in [0.25, 0.3) is 0 Å². The van der Waals surface area contributed by atoms with Crippen LogP contribution in [0.4, 0.5) is 22.0 Å². The van der Waals surface area contributed by atoms with E-state index >= 15 is 8.78 Å². The molecule has 5 N–H and O–H groups in total. The predicted molar refractivity (Wildman–Crippen MR) is 113 cm³/mol. The summed E-state index contributed by atoms with van der Waals surface area (Å²) < 4.78 is 77.7. The van der Waals surface area contributed by atoms with Crippen LogP contribution in [0.25, 0.3) is 0 Å². The van der Waals surface area contributed by atoms with Crippen molar-refractivity contribution < 1.29 is 31.8 Å².